The van der Waals surface area contributed by atoms with Crippen LogP contribution >= 0.6 is 0 Å². The minimum atomic E-state index is -0.201. The van der Waals surface area contributed by atoms with Crippen LogP contribution in [0.2, 0.25) is 0 Å². The van der Waals surface area contributed by atoms with E-state index in [0.717, 1.165) is 19.5 Å². The molecule has 0 spiro atoms. The average molecular weight is 310 g/mol. The third-order valence-electron chi connectivity index (χ3n) is 5.27. The number of hydrogen-bond donors (Lipinski definition) is 1. The molecule has 3 atom stereocenters. The van der Waals surface area contributed by atoms with Crippen LogP contribution < -0.4 is 5.32 Å². The number of ether oxygens (including phenoxy) is 1. The molecule has 1 aromatic carbocycles. The number of nitrogens with one attached hydrogen (secondary N) is 1. The average Bonchev–Trinajstić information content (AvgIpc) is 2.98. The second-order valence-corrected chi connectivity index (χ2v) is 6.68. The molecule has 1 unspecified atom stereocenters. The number of carbonyl (C=O) groups is 1. The summed E-state index contributed by atoms with van der Waals surface area (Å²) in [7, 11) is 2.11. The standard InChI is InChI=1S/C19H22N2O2/c1-3-7-23-19(22)13-8-15-14-5-4-6-16-18(14)12(10-20-16)9-17(15)21(2)11-13/h3-6,8,12-13,17,20H,1,7,9-11H2,2H3/t12?,13-,17-/m1/s1. The van der Waals surface area contributed by atoms with E-state index in [9.17, 15) is 4.79 Å². The number of benzene rings is 1. The summed E-state index contributed by atoms with van der Waals surface area (Å²) in [4.78, 5) is 14.6. The zero-order valence-electron chi connectivity index (χ0n) is 13.4. The summed E-state index contributed by atoms with van der Waals surface area (Å²) in [5.41, 5.74) is 5.28. The van der Waals surface area contributed by atoms with E-state index in [4.69, 9.17) is 4.74 Å². The van der Waals surface area contributed by atoms with Crippen LogP contribution in [0.3, 0.4) is 0 Å². The van der Waals surface area contributed by atoms with Gasteiger partial charge in [0.05, 0.1) is 5.92 Å². The number of carbonyl (C=O) groups excluding carboxylic acids is 1. The molecule has 3 aliphatic rings. The van der Waals surface area contributed by atoms with Crippen molar-refractivity contribution in [1.29, 1.82) is 0 Å². The van der Waals surface area contributed by atoms with Gasteiger partial charge in [0.15, 0.2) is 0 Å². The fourth-order valence-electron chi connectivity index (χ4n) is 4.24. The monoisotopic (exact) mass is 310 g/mol. The number of esters is 1. The predicted octanol–water partition coefficient (Wildman–Crippen LogP) is 2.64. The lowest BCUT2D eigenvalue weighted by Gasteiger charge is -2.41. The van der Waals surface area contributed by atoms with E-state index in [-0.39, 0.29) is 18.5 Å². The summed E-state index contributed by atoms with van der Waals surface area (Å²) in [6, 6.07) is 6.85. The summed E-state index contributed by atoms with van der Waals surface area (Å²) in [5, 5.41) is 3.52. The molecule has 1 aromatic rings. The molecule has 120 valence electrons. The van der Waals surface area contributed by atoms with Crippen LogP contribution in [-0.2, 0) is 9.53 Å². The van der Waals surface area contributed by atoms with Crippen molar-refractivity contribution in [2.75, 3.05) is 32.1 Å². The molecule has 1 N–H and O–H groups in total. The zero-order valence-corrected chi connectivity index (χ0v) is 13.4. The van der Waals surface area contributed by atoms with E-state index < -0.39 is 0 Å². The first-order chi connectivity index (χ1) is 11.2. The molecule has 0 saturated heterocycles. The quantitative estimate of drug-likeness (QED) is 0.688. The van der Waals surface area contributed by atoms with Crippen molar-refractivity contribution in [2.24, 2.45) is 5.92 Å². The maximum Gasteiger partial charge on any atom is 0.314 e. The molecule has 23 heavy (non-hydrogen) atoms. The molecule has 0 aromatic heterocycles. The van der Waals surface area contributed by atoms with Gasteiger partial charge in [0.1, 0.15) is 6.61 Å². The highest BCUT2D eigenvalue weighted by Gasteiger charge is 2.40. The van der Waals surface area contributed by atoms with Crippen LogP contribution in [0.15, 0.2) is 36.9 Å². The zero-order chi connectivity index (χ0) is 16.0. The van der Waals surface area contributed by atoms with E-state index in [1.807, 2.05) is 0 Å². The lowest BCUT2D eigenvalue weighted by Crippen LogP contribution is -2.44. The Morgan fingerprint density at radius 2 is 2.39 bits per heavy atom. The molecule has 2 heterocycles. The summed E-state index contributed by atoms with van der Waals surface area (Å²) in [5.74, 6) is 0.221. The van der Waals surface area contributed by atoms with Gasteiger partial charge in [-0.3, -0.25) is 9.69 Å². The molecular weight excluding hydrogens is 288 g/mol. The minimum absolute atomic E-state index is 0.157. The first-order valence-electron chi connectivity index (χ1n) is 8.25. The number of anilines is 1. The highest BCUT2D eigenvalue weighted by atomic mass is 16.5. The highest BCUT2D eigenvalue weighted by molar-refractivity contribution is 5.85. The maximum absolute atomic E-state index is 12.3. The van der Waals surface area contributed by atoms with Gasteiger partial charge in [-0.25, -0.2) is 0 Å². The number of rotatable bonds is 3. The van der Waals surface area contributed by atoms with E-state index in [1.54, 1.807) is 6.08 Å². The normalized spacial score (nSPS) is 28.2. The van der Waals surface area contributed by atoms with Crippen molar-refractivity contribution < 1.29 is 9.53 Å². The molecule has 0 saturated carbocycles. The molecule has 1 aliphatic carbocycles. The topological polar surface area (TPSA) is 41.6 Å². The van der Waals surface area contributed by atoms with Crippen LogP contribution in [-0.4, -0.2) is 43.7 Å². The van der Waals surface area contributed by atoms with Gasteiger partial charge in [-0.15, -0.1) is 0 Å². The molecule has 0 fully saturated rings. The highest BCUT2D eigenvalue weighted by Crippen LogP contribution is 2.48. The van der Waals surface area contributed by atoms with Gasteiger partial charge in [0.2, 0.25) is 0 Å². The molecule has 0 bridgehead atoms. The van der Waals surface area contributed by atoms with E-state index in [0.29, 0.717) is 12.0 Å². The molecule has 4 nitrogen and oxygen atoms in total. The van der Waals surface area contributed by atoms with Gasteiger partial charge in [-0.2, -0.15) is 0 Å². The van der Waals surface area contributed by atoms with Gasteiger partial charge in [0.25, 0.3) is 0 Å². The van der Waals surface area contributed by atoms with Crippen molar-refractivity contribution in [3.05, 3.63) is 48.1 Å². The lowest BCUT2D eigenvalue weighted by molar-refractivity contribution is -0.146. The Morgan fingerprint density at radius 3 is 3.22 bits per heavy atom. The largest absolute Gasteiger partial charge is 0.461 e. The van der Waals surface area contributed by atoms with Crippen LogP contribution in [0.25, 0.3) is 5.57 Å². The second kappa shape index (κ2) is 5.53. The third-order valence-corrected chi connectivity index (χ3v) is 5.27. The second-order valence-electron chi connectivity index (χ2n) is 6.68. The van der Waals surface area contributed by atoms with Crippen LogP contribution in [0, 0.1) is 5.92 Å². The molecular formula is C19H22N2O2. The smallest absolute Gasteiger partial charge is 0.314 e. The van der Waals surface area contributed by atoms with Gasteiger partial charge >= 0.3 is 5.97 Å². The van der Waals surface area contributed by atoms with Crippen molar-refractivity contribution in [3.8, 4) is 0 Å². The summed E-state index contributed by atoms with van der Waals surface area (Å²) in [6.07, 6.45) is 4.87. The number of fused-ring (bicyclic) bond motifs is 2. The fraction of sp³-hybridized carbons (Fsp3) is 0.421. The summed E-state index contributed by atoms with van der Waals surface area (Å²) >= 11 is 0. The Balaban J connectivity index is 1.73. The number of nitrogens with zero attached hydrogens (tertiary/aromatic N) is 1. The summed E-state index contributed by atoms with van der Waals surface area (Å²) in [6.45, 7) is 5.62. The number of hydrogen-bond acceptors (Lipinski definition) is 4. The molecule has 0 amide bonds. The van der Waals surface area contributed by atoms with Gasteiger partial charge < -0.3 is 10.1 Å². The number of likely N-dealkylation sites (N-methyl/N-ethyl adjacent to an activating group) is 1. The van der Waals surface area contributed by atoms with Gasteiger partial charge in [-0.05, 0) is 36.2 Å². The van der Waals surface area contributed by atoms with Gasteiger partial charge in [0, 0.05) is 30.7 Å². The molecule has 0 radical (unpaired) electrons. The van der Waals surface area contributed by atoms with Crippen molar-refractivity contribution in [2.45, 2.75) is 18.4 Å². The van der Waals surface area contributed by atoms with Crippen molar-refractivity contribution >= 4 is 17.2 Å². The van der Waals surface area contributed by atoms with Crippen LogP contribution in [0.4, 0.5) is 5.69 Å². The molecule has 2 aliphatic heterocycles. The third kappa shape index (κ3) is 2.29. The fourth-order valence-corrected chi connectivity index (χ4v) is 4.24. The lowest BCUT2D eigenvalue weighted by atomic mass is 9.74. The maximum atomic E-state index is 12.3. The molecule has 4 rings (SSSR count). The van der Waals surface area contributed by atoms with Crippen LogP contribution in [0.5, 0.6) is 0 Å². The Hall–Kier alpha value is -2.07. The minimum Gasteiger partial charge on any atom is -0.461 e. The Morgan fingerprint density at radius 1 is 1.52 bits per heavy atom. The van der Waals surface area contributed by atoms with Gasteiger partial charge in [-0.1, -0.05) is 30.9 Å². The van der Waals surface area contributed by atoms with Crippen LogP contribution in [0.1, 0.15) is 23.5 Å². The van der Waals surface area contributed by atoms with E-state index in [2.05, 4.69) is 48.1 Å². The van der Waals surface area contributed by atoms with Crippen molar-refractivity contribution in [1.82, 2.24) is 4.90 Å². The Labute approximate surface area is 136 Å². The first kappa shape index (κ1) is 14.5. The Bertz CT molecular complexity index is 695. The SMILES string of the molecule is C=CCOC(=O)[C@@H]1C=C2c3cccc4c3C(CN4)C[C@H]2N(C)C1. The molecule has 4 heteroatoms. The first-order valence-corrected chi connectivity index (χ1v) is 8.25. The van der Waals surface area contributed by atoms with Crippen molar-refractivity contribution in [3.63, 3.8) is 0 Å². The predicted molar refractivity (Wildman–Crippen MR) is 91.3 cm³/mol. The van der Waals surface area contributed by atoms with E-state index in [1.165, 1.54) is 22.4 Å². The summed E-state index contributed by atoms with van der Waals surface area (Å²) < 4.78 is 5.26. The van der Waals surface area contributed by atoms with E-state index >= 15 is 0 Å². The Kier molecular flexibility index (Phi) is 3.49.